The van der Waals surface area contributed by atoms with Crippen LogP contribution in [-0.4, -0.2) is 29.3 Å². The lowest BCUT2D eigenvalue weighted by Gasteiger charge is -2.39. The summed E-state index contributed by atoms with van der Waals surface area (Å²) in [5.74, 6) is 1.59. The summed E-state index contributed by atoms with van der Waals surface area (Å²) < 4.78 is 10.9. The normalized spacial score (nSPS) is 38.3. The summed E-state index contributed by atoms with van der Waals surface area (Å²) in [6, 6.07) is 2.56. The van der Waals surface area contributed by atoms with Crippen molar-refractivity contribution in [3.63, 3.8) is 0 Å². The molecule has 0 aliphatic carbocycles. The molecule has 4 heteroatoms. The van der Waals surface area contributed by atoms with Crippen molar-refractivity contribution in [3.05, 3.63) is 17.5 Å². The molecule has 0 amide bonds. The van der Waals surface area contributed by atoms with Crippen molar-refractivity contribution in [3.8, 4) is 0 Å². The fraction of sp³-hybridized carbons (Fsp3) is 0.769. The highest BCUT2D eigenvalue weighted by Gasteiger charge is 2.56. The van der Waals surface area contributed by atoms with Crippen molar-refractivity contribution in [1.82, 2.24) is 10.1 Å². The number of ether oxygens (including phenoxy) is 1. The third kappa shape index (κ3) is 1.79. The van der Waals surface area contributed by atoms with Gasteiger partial charge in [-0.25, -0.2) is 0 Å². The van der Waals surface area contributed by atoms with E-state index in [9.17, 15) is 0 Å². The summed E-state index contributed by atoms with van der Waals surface area (Å²) in [5, 5.41) is 4.14. The topological polar surface area (TPSA) is 41.8 Å². The van der Waals surface area contributed by atoms with E-state index in [4.69, 9.17) is 9.26 Å². The van der Waals surface area contributed by atoms with Gasteiger partial charge in [0.2, 0.25) is 0 Å². The van der Waals surface area contributed by atoms with Crippen molar-refractivity contribution in [1.29, 1.82) is 0 Å². The molecular weight excluding hydrogens is 216 g/mol. The molecule has 0 aromatic carbocycles. The number of piperidine rings is 1. The molecule has 1 aromatic heterocycles. The Morgan fingerprint density at radius 3 is 2.76 bits per heavy atom. The zero-order valence-electron chi connectivity index (χ0n) is 10.8. The first-order valence-electron chi connectivity index (χ1n) is 6.46. The molecule has 3 unspecified atom stereocenters. The number of epoxide rings is 1. The van der Waals surface area contributed by atoms with Crippen LogP contribution in [-0.2, 0) is 10.5 Å². The Hall–Kier alpha value is -0.870. The van der Waals surface area contributed by atoms with Crippen LogP contribution in [0.15, 0.2) is 10.6 Å². The molecule has 2 aliphatic heterocycles. The molecule has 0 saturated carbocycles. The lowest BCUT2D eigenvalue weighted by atomic mass is 9.93. The molecular formula is C13H20N2O2. The quantitative estimate of drug-likeness (QED) is 0.739. The van der Waals surface area contributed by atoms with Gasteiger partial charge >= 0.3 is 0 Å². The van der Waals surface area contributed by atoms with Gasteiger partial charge in [0.25, 0.3) is 0 Å². The highest BCUT2D eigenvalue weighted by Crippen LogP contribution is 2.45. The van der Waals surface area contributed by atoms with Crippen LogP contribution < -0.4 is 0 Å². The molecule has 3 rings (SSSR count). The number of rotatable bonds is 2. The van der Waals surface area contributed by atoms with Gasteiger partial charge in [0.15, 0.2) is 5.72 Å². The lowest BCUT2D eigenvalue weighted by molar-refractivity contribution is -0.00322. The molecule has 0 spiro atoms. The van der Waals surface area contributed by atoms with Gasteiger partial charge in [-0.1, -0.05) is 12.1 Å². The molecule has 1 aromatic rings. The van der Waals surface area contributed by atoms with E-state index in [1.54, 1.807) is 0 Å². The zero-order chi connectivity index (χ0) is 12.0. The second-order valence-corrected chi connectivity index (χ2v) is 5.58. The number of hydrogen-bond acceptors (Lipinski definition) is 4. The molecule has 17 heavy (non-hydrogen) atoms. The third-order valence-electron chi connectivity index (χ3n) is 4.03. The SMILES string of the molecule is Cc1cc(C2(N3CC(C)CCC3C)CO2)no1. The second-order valence-electron chi connectivity index (χ2n) is 5.58. The van der Waals surface area contributed by atoms with Crippen molar-refractivity contribution in [2.75, 3.05) is 13.2 Å². The summed E-state index contributed by atoms with van der Waals surface area (Å²) in [4.78, 5) is 2.46. The second kappa shape index (κ2) is 3.82. The Morgan fingerprint density at radius 2 is 2.18 bits per heavy atom. The average molecular weight is 236 g/mol. The van der Waals surface area contributed by atoms with E-state index >= 15 is 0 Å². The van der Waals surface area contributed by atoms with Crippen molar-refractivity contribution in [2.45, 2.75) is 45.4 Å². The summed E-state index contributed by atoms with van der Waals surface area (Å²) in [6.07, 6.45) is 2.55. The summed E-state index contributed by atoms with van der Waals surface area (Å²) in [5.41, 5.74) is 0.655. The lowest BCUT2D eigenvalue weighted by Crippen LogP contribution is -2.48. The minimum atomic E-state index is -0.286. The third-order valence-corrected chi connectivity index (χ3v) is 4.03. The molecule has 2 saturated heterocycles. The maximum Gasteiger partial charge on any atom is 0.192 e. The van der Waals surface area contributed by atoms with Crippen LogP contribution >= 0.6 is 0 Å². The van der Waals surface area contributed by atoms with Gasteiger partial charge in [0, 0.05) is 18.7 Å². The number of likely N-dealkylation sites (tertiary alicyclic amines) is 1. The zero-order valence-corrected chi connectivity index (χ0v) is 10.8. The van der Waals surface area contributed by atoms with E-state index in [1.165, 1.54) is 12.8 Å². The minimum absolute atomic E-state index is 0.286. The number of aromatic nitrogens is 1. The van der Waals surface area contributed by atoms with Gasteiger partial charge in [-0.05, 0) is 32.6 Å². The van der Waals surface area contributed by atoms with Gasteiger partial charge in [0.05, 0.1) is 6.61 Å². The predicted molar refractivity (Wildman–Crippen MR) is 63.4 cm³/mol. The van der Waals surface area contributed by atoms with E-state index in [0.29, 0.717) is 6.04 Å². The Kier molecular flexibility index (Phi) is 2.52. The monoisotopic (exact) mass is 236 g/mol. The molecule has 0 bridgehead atoms. The largest absolute Gasteiger partial charge is 0.361 e. The molecule has 3 atom stereocenters. The first-order chi connectivity index (χ1) is 8.12. The van der Waals surface area contributed by atoms with Crippen molar-refractivity contribution >= 4 is 0 Å². The summed E-state index contributed by atoms with van der Waals surface area (Å²) in [6.45, 7) is 8.35. The van der Waals surface area contributed by atoms with Crippen LogP contribution in [0.5, 0.6) is 0 Å². The van der Waals surface area contributed by atoms with E-state index < -0.39 is 0 Å². The highest BCUT2D eigenvalue weighted by atomic mass is 16.6. The first kappa shape index (κ1) is 11.2. The minimum Gasteiger partial charge on any atom is -0.361 e. The van der Waals surface area contributed by atoms with Crippen LogP contribution in [0.3, 0.4) is 0 Å². The maximum atomic E-state index is 5.76. The number of aryl methyl sites for hydroxylation is 1. The Bertz CT molecular complexity index is 411. The van der Waals surface area contributed by atoms with E-state index in [1.807, 2.05) is 13.0 Å². The Morgan fingerprint density at radius 1 is 1.41 bits per heavy atom. The molecule has 0 N–H and O–H groups in total. The molecule has 2 fully saturated rings. The fourth-order valence-electron chi connectivity index (χ4n) is 2.87. The summed E-state index contributed by atoms with van der Waals surface area (Å²) >= 11 is 0. The van der Waals surface area contributed by atoms with E-state index in [-0.39, 0.29) is 5.72 Å². The molecule has 4 nitrogen and oxygen atoms in total. The first-order valence-corrected chi connectivity index (χ1v) is 6.46. The Balaban J connectivity index is 1.87. The fourth-order valence-corrected chi connectivity index (χ4v) is 2.87. The van der Waals surface area contributed by atoms with Crippen LogP contribution in [0.4, 0.5) is 0 Å². The van der Waals surface area contributed by atoms with Crippen molar-refractivity contribution < 1.29 is 9.26 Å². The maximum absolute atomic E-state index is 5.76. The summed E-state index contributed by atoms with van der Waals surface area (Å²) in [7, 11) is 0. The molecule has 2 aliphatic rings. The Labute approximate surface area is 102 Å². The van der Waals surface area contributed by atoms with Gasteiger partial charge < -0.3 is 9.26 Å². The molecule has 0 radical (unpaired) electrons. The van der Waals surface area contributed by atoms with Crippen LogP contribution in [0.25, 0.3) is 0 Å². The van der Waals surface area contributed by atoms with Gasteiger partial charge in [-0.15, -0.1) is 0 Å². The van der Waals surface area contributed by atoms with E-state index in [2.05, 4.69) is 23.9 Å². The average Bonchev–Trinajstić information content (AvgIpc) is 2.99. The number of hydrogen-bond donors (Lipinski definition) is 0. The van der Waals surface area contributed by atoms with Crippen LogP contribution in [0.2, 0.25) is 0 Å². The highest BCUT2D eigenvalue weighted by molar-refractivity contribution is 5.19. The van der Waals surface area contributed by atoms with Gasteiger partial charge in [-0.2, -0.15) is 0 Å². The van der Waals surface area contributed by atoms with Gasteiger partial charge in [-0.3, -0.25) is 4.90 Å². The predicted octanol–water partition coefficient (Wildman–Crippen LogP) is 2.29. The van der Waals surface area contributed by atoms with Gasteiger partial charge in [0.1, 0.15) is 11.5 Å². The smallest absolute Gasteiger partial charge is 0.192 e. The number of nitrogens with zero attached hydrogens (tertiary/aromatic N) is 2. The molecule has 94 valence electrons. The van der Waals surface area contributed by atoms with Crippen LogP contribution in [0.1, 0.15) is 38.1 Å². The van der Waals surface area contributed by atoms with Crippen LogP contribution in [0, 0.1) is 12.8 Å². The standard InChI is InChI=1S/C13H20N2O2/c1-9-4-5-10(2)15(7-9)13(8-16-13)12-6-11(3)17-14-12/h6,9-10H,4-5,7-8H2,1-3H3. The van der Waals surface area contributed by atoms with Crippen molar-refractivity contribution in [2.24, 2.45) is 5.92 Å². The van der Waals surface area contributed by atoms with E-state index in [0.717, 1.165) is 30.5 Å². The molecule has 3 heterocycles.